The predicted octanol–water partition coefficient (Wildman–Crippen LogP) is 0.874. The lowest BCUT2D eigenvalue weighted by Gasteiger charge is -2.32. The second-order valence-electron chi connectivity index (χ2n) is 5.86. The van der Waals surface area contributed by atoms with E-state index in [4.69, 9.17) is 0 Å². The Bertz CT molecular complexity index is 367. The highest BCUT2D eigenvalue weighted by atomic mass is 16.3. The topological polar surface area (TPSA) is 48.4 Å². The molecule has 2 rings (SSSR count). The molecule has 4 nitrogen and oxygen atoms in total. The zero-order chi connectivity index (χ0) is 13.0. The first-order valence-electron chi connectivity index (χ1n) is 6.56. The van der Waals surface area contributed by atoms with Crippen molar-refractivity contribution in [1.29, 1.82) is 0 Å². The number of aromatic nitrogens is 1. The summed E-state index contributed by atoms with van der Waals surface area (Å²) in [5.41, 5.74) is 1.28. The van der Waals surface area contributed by atoms with Crippen LogP contribution >= 0.6 is 0 Å². The van der Waals surface area contributed by atoms with Gasteiger partial charge in [-0.25, -0.2) is 0 Å². The van der Waals surface area contributed by atoms with Crippen molar-refractivity contribution in [1.82, 2.24) is 15.2 Å². The first-order chi connectivity index (χ1) is 8.61. The molecule has 0 radical (unpaired) electrons. The van der Waals surface area contributed by atoms with E-state index in [0.717, 1.165) is 31.9 Å². The van der Waals surface area contributed by atoms with Gasteiger partial charge in [-0.05, 0) is 17.5 Å². The summed E-state index contributed by atoms with van der Waals surface area (Å²) in [5.74, 6) is 0. The molecule has 1 aliphatic heterocycles. The third-order valence-corrected chi connectivity index (χ3v) is 3.43. The molecule has 2 heterocycles. The molecule has 1 unspecified atom stereocenters. The second kappa shape index (κ2) is 5.78. The van der Waals surface area contributed by atoms with Gasteiger partial charge in [-0.2, -0.15) is 0 Å². The van der Waals surface area contributed by atoms with Crippen molar-refractivity contribution in [3.8, 4) is 0 Å². The fourth-order valence-corrected chi connectivity index (χ4v) is 2.51. The molecule has 18 heavy (non-hydrogen) atoms. The number of hydrogen-bond acceptors (Lipinski definition) is 4. The van der Waals surface area contributed by atoms with Gasteiger partial charge in [-0.15, -0.1) is 0 Å². The second-order valence-corrected chi connectivity index (χ2v) is 5.86. The monoisotopic (exact) mass is 249 g/mol. The van der Waals surface area contributed by atoms with E-state index in [-0.39, 0.29) is 18.1 Å². The highest BCUT2D eigenvalue weighted by Crippen LogP contribution is 2.21. The minimum absolute atomic E-state index is 0.175. The first-order valence-corrected chi connectivity index (χ1v) is 6.56. The summed E-state index contributed by atoms with van der Waals surface area (Å²) >= 11 is 0. The van der Waals surface area contributed by atoms with Crippen molar-refractivity contribution in [2.75, 3.05) is 26.2 Å². The number of rotatable bonds is 3. The third-order valence-electron chi connectivity index (χ3n) is 3.43. The Labute approximate surface area is 109 Å². The number of hydrogen-bond donors (Lipinski definition) is 2. The van der Waals surface area contributed by atoms with E-state index in [2.05, 4.69) is 29.0 Å². The Morgan fingerprint density at radius 1 is 1.50 bits per heavy atom. The Morgan fingerprint density at radius 2 is 2.33 bits per heavy atom. The molecule has 0 bridgehead atoms. The largest absolute Gasteiger partial charge is 0.395 e. The maximum atomic E-state index is 9.53. The fourth-order valence-electron chi connectivity index (χ4n) is 2.51. The summed E-state index contributed by atoms with van der Waals surface area (Å²) in [7, 11) is 0. The molecule has 2 N–H and O–H groups in total. The molecule has 1 fully saturated rings. The standard InChI is InChI=1S/C14H23N3O/c1-14(2)10-15-7-13(9-18)17(11-14)8-12-5-3-4-6-16-12/h3-6,13,15,18H,7-11H2,1-2H3. The Morgan fingerprint density at radius 3 is 3.00 bits per heavy atom. The van der Waals surface area contributed by atoms with Crippen molar-refractivity contribution in [3.05, 3.63) is 30.1 Å². The minimum Gasteiger partial charge on any atom is -0.395 e. The quantitative estimate of drug-likeness (QED) is 0.835. The summed E-state index contributed by atoms with van der Waals surface area (Å²) in [6.45, 7) is 8.31. The van der Waals surface area contributed by atoms with E-state index < -0.39 is 0 Å². The fraction of sp³-hybridized carbons (Fsp3) is 0.643. The van der Waals surface area contributed by atoms with Crippen LogP contribution in [0.5, 0.6) is 0 Å². The summed E-state index contributed by atoms with van der Waals surface area (Å²) in [6, 6.07) is 6.16. The van der Waals surface area contributed by atoms with Crippen LogP contribution in [0.2, 0.25) is 0 Å². The van der Waals surface area contributed by atoms with Crippen molar-refractivity contribution in [3.63, 3.8) is 0 Å². The van der Waals surface area contributed by atoms with E-state index in [0.29, 0.717) is 0 Å². The lowest BCUT2D eigenvalue weighted by molar-refractivity contribution is 0.0996. The molecule has 0 saturated carbocycles. The average molecular weight is 249 g/mol. The van der Waals surface area contributed by atoms with E-state index >= 15 is 0 Å². The van der Waals surface area contributed by atoms with Gasteiger partial charge in [-0.1, -0.05) is 19.9 Å². The van der Waals surface area contributed by atoms with Gasteiger partial charge in [0.1, 0.15) is 0 Å². The number of aliphatic hydroxyl groups excluding tert-OH is 1. The Hall–Kier alpha value is -0.970. The molecule has 0 aliphatic carbocycles. The van der Waals surface area contributed by atoms with Crippen molar-refractivity contribution in [2.24, 2.45) is 5.41 Å². The lowest BCUT2D eigenvalue weighted by atomic mass is 9.93. The highest BCUT2D eigenvalue weighted by Gasteiger charge is 2.30. The van der Waals surface area contributed by atoms with Gasteiger partial charge in [0.05, 0.1) is 12.3 Å². The van der Waals surface area contributed by atoms with E-state index in [1.165, 1.54) is 0 Å². The molecular weight excluding hydrogens is 226 g/mol. The van der Waals surface area contributed by atoms with Gasteiger partial charge < -0.3 is 10.4 Å². The maximum absolute atomic E-state index is 9.53. The molecule has 1 aromatic rings. The Kier molecular flexibility index (Phi) is 4.32. The molecule has 1 aliphatic rings. The van der Waals surface area contributed by atoms with Gasteiger partial charge in [0, 0.05) is 38.4 Å². The molecule has 1 saturated heterocycles. The average Bonchev–Trinajstić information content (AvgIpc) is 2.48. The van der Waals surface area contributed by atoms with Gasteiger partial charge in [0.25, 0.3) is 0 Å². The summed E-state index contributed by atoms with van der Waals surface area (Å²) in [4.78, 5) is 6.71. The van der Waals surface area contributed by atoms with Crippen LogP contribution < -0.4 is 5.32 Å². The molecular formula is C14H23N3O. The van der Waals surface area contributed by atoms with Crippen LogP contribution in [-0.4, -0.2) is 47.3 Å². The molecule has 100 valence electrons. The van der Waals surface area contributed by atoms with Crippen molar-refractivity contribution in [2.45, 2.75) is 26.4 Å². The summed E-state index contributed by atoms with van der Waals surface area (Å²) in [5, 5.41) is 13.0. The van der Waals surface area contributed by atoms with Crippen LogP contribution in [0.1, 0.15) is 19.5 Å². The maximum Gasteiger partial charge on any atom is 0.0599 e. The van der Waals surface area contributed by atoms with Crippen LogP contribution in [0.4, 0.5) is 0 Å². The number of aliphatic hydroxyl groups is 1. The van der Waals surface area contributed by atoms with Gasteiger partial charge in [-0.3, -0.25) is 9.88 Å². The van der Waals surface area contributed by atoms with Crippen LogP contribution in [0.25, 0.3) is 0 Å². The van der Waals surface area contributed by atoms with Crippen LogP contribution in [-0.2, 0) is 6.54 Å². The highest BCUT2D eigenvalue weighted by molar-refractivity contribution is 5.04. The SMILES string of the molecule is CC1(C)CNCC(CO)N(Cc2ccccn2)C1. The third kappa shape index (κ3) is 3.51. The predicted molar refractivity (Wildman–Crippen MR) is 72.2 cm³/mol. The molecule has 0 amide bonds. The van der Waals surface area contributed by atoms with Crippen LogP contribution in [0, 0.1) is 5.41 Å². The normalized spacial score (nSPS) is 24.7. The van der Waals surface area contributed by atoms with Crippen molar-refractivity contribution < 1.29 is 5.11 Å². The number of pyridine rings is 1. The van der Waals surface area contributed by atoms with E-state index in [9.17, 15) is 5.11 Å². The molecule has 4 heteroatoms. The summed E-state index contributed by atoms with van der Waals surface area (Å²) < 4.78 is 0. The van der Waals surface area contributed by atoms with Crippen molar-refractivity contribution >= 4 is 0 Å². The lowest BCUT2D eigenvalue weighted by Crippen LogP contribution is -2.43. The Balaban J connectivity index is 2.10. The van der Waals surface area contributed by atoms with Gasteiger partial charge in [0.15, 0.2) is 0 Å². The smallest absolute Gasteiger partial charge is 0.0599 e. The zero-order valence-corrected chi connectivity index (χ0v) is 11.3. The van der Waals surface area contributed by atoms with E-state index in [1.54, 1.807) is 0 Å². The van der Waals surface area contributed by atoms with Gasteiger partial charge >= 0.3 is 0 Å². The minimum atomic E-state index is 0.175. The molecule has 0 aromatic carbocycles. The zero-order valence-electron chi connectivity index (χ0n) is 11.3. The van der Waals surface area contributed by atoms with Gasteiger partial charge in [0.2, 0.25) is 0 Å². The summed E-state index contributed by atoms with van der Waals surface area (Å²) in [6.07, 6.45) is 1.82. The first kappa shape index (κ1) is 13.5. The number of nitrogens with zero attached hydrogens (tertiary/aromatic N) is 2. The molecule has 1 aromatic heterocycles. The number of nitrogens with one attached hydrogen (secondary N) is 1. The van der Waals surface area contributed by atoms with Crippen LogP contribution in [0.15, 0.2) is 24.4 Å². The van der Waals surface area contributed by atoms with Crippen LogP contribution in [0.3, 0.4) is 0 Å². The molecule has 1 atom stereocenters. The molecule has 0 spiro atoms. The van der Waals surface area contributed by atoms with E-state index in [1.807, 2.05) is 24.4 Å².